The van der Waals surface area contributed by atoms with E-state index in [1.54, 1.807) is 12.1 Å². The Morgan fingerprint density at radius 2 is 1.83 bits per heavy atom. The molecule has 0 saturated heterocycles. The van der Waals surface area contributed by atoms with Crippen molar-refractivity contribution in [3.05, 3.63) is 60.2 Å². The highest BCUT2D eigenvalue weighted by molar-refractivity contribution is 7.82. The lowest BCUT2D eigenvalue weighted by Crippen LogP contribution is -2.27. The minimum absolute atomic E-state index is 0.599. The number of hydrogen-bond donors (Lipinski definition) is 2. The van der Waals surface area contributed by atoms with E-state index < -0.39 is 6.03 Å². The molecule has 0 radical (unpaired) electrons. The van der Waals surface area contributed by atoms with E-state index in [0.717, 1.165) is 30.0 Å². The summed E-state index contributed by atoms with van der Waals surface area (Å²) >= 11 is 4.04. The van der Waals surface area contributed by atoms with Gasteiger partial charge in [0, 0.05) is 6.07 Å². The summed E-state index contributed by atoms with van der Waals surface area (Å²) in [6.45, 7) is 0.654. The molecule has 0 saturated carbocycles. The fourth-order valence-corrected chi connectivity index (χ4v) is 2.40. The molecule has 2 rings (SSSR count). The molecular formula is C18H22N2O2S. The molecule has 2 amide bonds. The number of rotatable bonds is 8. The van der Waals surface area contributed by atoms with Gasteiger partial charge >= 0.3 is 6.03 Å². The van der Waals surface area contributed by atoms with Crippen LogP contribution in [0, 0.1) is 0 Å². The average Bonchev–Trinajstić information content (AvgIpc) is 2.58. The largest absolute Gasteiger partial charge is 0.494 e. The summed E-state index contributed by atoms with van der Waals surface area (Å²) < 4.78 is 6.81. The van der Waals surface area contributed by atoms with Crippen LogP contribution in [0.2, 0.25) is 0 Å². The van der Waals surface area contributed by atoms with Crippen LogP contribution in [0.4, 0.5) is 10.5 Å². The topological polar surface area (TPSA) is 55.6 Å². The second-order valence-corrected chi connectivity index (χ2v) is 5.69. The number of unbranched alkanes of at least 4 members (excludes halogenated alkanes) is 2. The van der Waals surface area contributed by atoms with Gasteiger partial charge in [0.2, 0.25) is 0 Å². The number of thiol groups is 1. The number of nitrogens with two attached hydrogens (primary N) is 1. The Bertz CT molecular complexity index is 619. The fraction of sp³-hybridized carbons (Fsp3) is 0.278. The van der Waals surface area contributed by atoms with Crippen LogP contribution in [-0.2, 0) is 6.42 Å². The smallest absolute Gasteiger partial charge is 0.329 e. The lowest BCUT2D eigenvalue weighted by Gasteiger charge is -2.14. The van der Waals surface area contributed by atoms with Crippen molar-refractivity contribution in [1.29, 1.82) is 0 Å². The van der Waals surface area contributed by atoms with Gasteiger partial charge in [-0.1, -0.05) is 49.2 Å². The van der Waals surface area contributed by atoms with Crippen molar-refractivity contribution in [3.8, 4) is 5.75 Å². The quantitative estimate of drug-likeness (QED) is 0.563. The zero-order valence-corrected chi connectivity index (χ0v) is 13.9. The van der Waals surface area contributed by atoms with E-state index in [1.807, 2.05) is 18.2 Å². The summed E-state index contributed by atoms with van der Waals surface area (Å²) in [4.78, 5) is 11.1. The molecule has 5 heteroatoms. The number of carbonyl (C=O) groups is 1. The molecule has 0 aromatic heterocycles. The van der Waals surface area contributed by atoms with Gasteiger partial charge < -0.3 is 10.5 Å². The third-order valence-electron chi connectivity index (χ3n) is 3.49. The molecular weight excluding hydrogens is 308 g/mol. The molecule has 0 atom stereocenters. The number of hydrogen-bond acceptors (Lipinski definition) is 3. The van der Waals surface area contributed by atoms with E-state index >= 15 is 0 Å². The molecule has 2 aromatic carbocycles. The molecule has 0 heterocycles. The number of carbonyl (C=O) groups excluding carboxylic acids is 1. The number of urea groups is 1. The zero-order chi connectivity index (χ0) is 16.5. The molecule has 0 unspecified atom stereocenters. The summed E-state index contributed by atoms with van der Waals surface area (Å²) in [5.74, 6) is 0.714. The first-order valence-corrected chi connectivity index (χ1v) is 8.12. The summed E-state index contributed by atoms with van der Waals surface area (Å²) in [5, 5.41) is 0. The number of ether oxygens (including phenoxy) is 1. The third-order valence-corrected chi connectivity index (χ3v) is 3.92. The van der Waals surface area contributed by atoms with Gasteiger partial charge in [-0.05, 0) is 43.4 Å². The Hall–Kier alpha value is -2.14. The highest BCUT2D eigenvalue weighted by atomic mass is 32.1. The van der Waals surface area contributed by atoms with Crippen molar-refractivity contribution in [2.45, 2.75) is 25.7 Å². The molecule has 2 aromatic rings. The highest BCUT2D eigenvalue weighted by Crippen LogP contribution is 2.22. The van der Waals surface area contributed by atoms with Crippen LogP contribution in [0.5, 0.6) is 5.75 Å². The Morgan fingerprint density at radius 1 is 1.04 bits per heavy atom. The van der Waals surface area contributed by atoms with Gasteiger partial charge in [0.15, 0.2) is 0 Å². The summed E-state index contributed by atoms with van der Waals surface area (Å²) in [5.41, 5.74) is 7.17. The van der Waals surface area contributed by atoms with Gasteiger partial charge in [0.05, 0.1) is 12.3 Å². The zero-order valence-electron chi connectivity index (χ0n) is 13.0. The maximum atomic E-state index is 11.1. The Labute approximate surface area is 142 Å². The second-order valence-electron chi connectivity index (χ2n) is 5.29. The van der Waals surface area contributed by atoms with E-state index in [-0.39, 0.29) is 0 Å². The number of aryl methyl sites for hydroxylation is 1. The molecule has 0 aliphatic heterocycles. The van der Waals surface area contributed by atoms with Crippen LogP contribution in [-0.4, -0.2) is 12.6 Å². The van der Waals surface area contributed by atoms with Gasteiger partial charge in [-0.25, -0.2) is 9.10 Å². The van der Waals surface area contributed by atoms with Crippen molar-refractivity contribution in [3.63, 3.8) is 0 Å². The van der Waals surface area contributed by atoms with Crippen LogP contribution in [0.25, 0.3) is 0 Å². The van der Waals surface area contributed by atoms with E-state index in [4.69, 9.17) is 10.5 Å². The number of nitrogens with zero attached hydrogens (tertiary/aromatic N) is 1. The molecule has 23 heavy (non-hydrogen) atoms. The van der Waals surface area contributed by atoms with Crippen LogP contribution in [0.1, 0.15) is 24.8 Å². The molecule has 0 aliphatic carbocycles. The van der Waals surface area contributed by atoms with Crippen LogP contribution in [0.15, 0.2) is 54.6 Å². The fourth-order valence-electron chi connectivity index (χ4n) is 2.27. The molecule has 2 N–H and O–H groups in total. The van der Waals surface area contributed by atoms with Gasteiger partial charge in [0.1, 0.15) is 5.75 Å². The van der Waals surface area contributed by atoms with Crippen molar-refractivity contribution >= 4 is 24.5 Å². The van der Waals surface area contributed by atoms with Crippen molar-refractivity contribution in [2.24, 2.45) is 5.73 Å². The van der Waals surface area contributed by atoms with E-state index in [2.05, 4.69) is 37.1 Å². The first-order valence-electron chi connectivity index (χ1n) is 7.72. The van der Waals surface area contributed by atoms with Gasteiger partial charge in [-0.3, -0.25) is 0 Å². The second kappa shape index (κ2) is 9.10. The van der Waals surface area contributed by atoms with E-state index in [9.17, 15) is 4.79 Å². The lowest BCUT2D eigenvalue weighted by molar-refractivity contribution is 0.257. The monoisotopic (exact) mass is 330 g/mol. The lowest BCUT2D eigenvalue weighted by atomic mass is 10.1. The predicted octanol–water partition coefficient (Wildman–Crippen LogP) is 4.21. The maximum Gasteiger partial charge on any atom is 0.329 e. The number of primary amides is 1. The number of benzene rings is 2. The Kier molecular flexibility index (Phi) is 6.81. The minimum Gasteiger partial charge on any atom is -0.494 e. The molecule has 122 valence electrons. The maximum absolute atomic E-state index is 11.1. The highest BCUT2D eigenvalue weighted by Gasteiger charge is 2.08. The standard InChI is InChI=1S/C18H22N2O2S/c19-18(21)20(23)16-11-7-12-17(14-16)22-13-6-2-5-10-15-8-3-1-4-9-15/h1,3-4,7-9,11-12,14,23H,2,5-6,10,13H2,(H2,19,21). The van der Waals surface area contributed by atoms with Crippen LogP contribution >= 0.6 is 12.8 Å². The molecule has 0 fully saturated rings. The first kappa shape index (κ1) is 17.2. The van der Waals surface area contributed by atoms with E-state index in [0.29, 0.717) is 18.0 Å². The van der Waals surface area contributed by atoms with Crippen LogP contribution < -0.4 is 14.8 Å². The van der Waals surface area contributed by atoms with E-state index in [1.165, 1.54) is 5.56 Å². The Morgan fingerprint density at radius 3 is 2.57 bits per heavy atom. The van der Waals surface area contributed by atoms with Gasteiger partial charge in [-0.15, -0.1) is 0 Å². The van der Waals surface area contributed by atoms with Crippen molar-refractivity contribution < 1.29 is 9.53 Å². The first-order chi connectivity index (χ1) is 11.2. The summed E-state index contributed by atoms with van der Waals surface area (Å²) in [6.07, 6.45) is 4.37. The minimum atomic E-state index is -0.619. The molecule has 0 spiro atoms. The third kappa shape index (κ3) is 5.87. The van der Waals surface area contributed by atoms with Crippen molar-refractivity contribution in [1.82, 2.24) is 0 Å². The molecule has 4 nitrogen and oxygen atoms in total. The molecule has 0 bridgehead atoms. The summed E-state index contributed by atoms with van der Waals surface area (Å²) in [6, 6.07) is 17.1. The van der Waals surface area contributed by atoms with Gasteiger partial charge in [0.25, 0.3) is 0 Å². The summed E-state index contributed by atoms with van der Waals surface area (Å²) in [7, 11) is 0. The van der Waals surface area contributed by atoms with Crippen LogP contribution in [0.3, 0.4) is 0 Å². The average molecular weight is 330 g/mol. The Balaban J connectivity index is 1.68. The number of amides is 2. The number of anilines is 1. The molecule has 0 aliphatic rings. The predicted molar refractivity (Wildman–Crippen MR) is 97.0 cm³/mol. The SMILES string of the molecule is NC(=O)N(S)c1cccc(OCCCCCc2ccccc2)c1. The van der Waals surface area contributed by atoms with Gasteiger partial charge in [-0.2, -0.15) is 0 Å². The normalized spacial score (nSPS) is 10.3. The van der Waals surface area contributed by atoms with Crippen molar-refractivity contribution in [2.75, 3.05) is 10.9 Å².